The largest absolute Gasteiger partial charge is 0.347 e. The van der Waals surface area contributed by atoms with E-state index in [1.165, 1.54) is 0 Å². The number of carbonyl (C=O) groups excluding carboxylic acids is 1. The molecule has 0 aromatic rings. The van der Waals surface area contributed by atoms with Gasteiger partial charge in [0.2, 0.25) is 5.91 Å². The lowest BCUT2D eigenvalue weighted by atomic mass is 10.0. The lowest BCUT2D eigenvalue weighted by Crippen LogP contribution is -2.49. The summed E-state index contributed by atoms with van der Waals surface area (Å²) >= 11 is 0. The van der Waals surface area contributed by atoms with Crippen LogP contribution >= 0.6 is 7.60 Å². The molecule has 0 spiro atoms. The second kappa shape index (κ2) is 5.77. The van der Waals surface area contributed by atoms with Gasteiger partial charge in [0.1, 0.15) is 5.78 Å². The smallest absolute Gasteiger partial charge is 0.340 e. The third kappa shape index (κ3) is 4.61. The molecule has 0 rings (SSSR count). The van der Waals surface area contributed by atoms with E-state index in [4.69, 9.17) is 15.5 Å². The maximum Gasteiger partial charge on any atom is 0.347 e. The van der Waals surface area contributed by atoms with Crippen LogP contribution in [-0.2, 0) is 9.36 Å². The van der Waals surface area contributed by atoms with Crippen LogP contribution in [0.3, 0.4) is 0 Å². The van der Waals surface area contributed by atoms with Gasteiger partial charge in [-0.2, -0.15) is 0 Å². The van der Waals surface area contributed by atoms with Gasteiger partial charge in [0.25, 0.3) is 0 Å². The summed E-state index contributed by atoms with van der Waals surface area (Å²) in [4.78, 5) is 29.7. The summed E-state index contributed by atoms with van der Waals surface area (Å²) < 4.78 is 11.1. The van der Waals surface area contributed by atoms with Crippen molar-refractivity contribution in [3.8, 4) is 0 Å². The van der Waals surface area contributed by atoms with Crippen molar-refractivity contribution in [3.63, 3.8) is 0 Å². The predicted octanol–water partition coefficient (Wildman–Crippen LogP) is 0.246. The van der Waals surface area contributed by atoms with Crippen LogP contribution in [0.4, 0.5) is 0 Å². The van der Waals surface area contributed by atoms with Crippen LogP contribution in [0, 0.1) is 11.8 Å². The van der Waals surface area contributed by atoms with Crippen molar-refractivity contribution < 1.29 is 19.1 Å². The quantitative estimate of drug-likeness (QED) is 0.524. The van der Waals surface area contributed by atoms with Crippen LogP contribution in [0.5, 0.6) is 0 Å². The first-order valence-electron chi connectivity index (χ1n) is 5.18. The fourth-order valence-electron chi connectivity index (χ4n) is 1.18. The molecule has 1 unspecified atom stereocenters. The van der Waals surface area contributed by atoms with Gasteiger partial charge in [-0.05, 0) is 11.8 Å². The summed E-state index contributed by atoms with van der Waals surface area (Å²) in [6.07, 6.45) is 0. The zero-order chi connectivity index (χ0) is 13.1. The Kier molecular flexibility index (Phi) is 5.62. The number of nitrogens with two attached hydrogens (primary N) is 1. The van der Waals surface area contributed by atoms with Crippen LogP contribution in [0.25, 0.3) is 0 Å². The first kappa shape index (κ1) is 15.6. The van der Waals surface area contributed by atoms with E-state index in [1.54, 1.807) is 27.7 Å². The van der Waals surface area contributed by atoms with Crippen molar-refractivity contribution in [2.45, 2.75) is 39.5 Å². The zero-order valence-electron chi connectivity index (χ0n) is 10.0. The SMILES string of the molecule is CC(C)C(NC(=O)[C@@H](N)C(C)C)P(=O)(O)O. The van der Waals surface area contributed by atoms with E-state index in [0.717, 1.165) is 0 Å². The summed E-state index contributed by atoms with van der Waals surface area (Å²) in [5, 5.41) is 2.31. The number of hydrogen-bond acceptors (Lipinski definition) is 3. The average molecular weight is 252 g/mol. The lowest BCUT2D eigenvalue weighted by molar-refractivity contribution is -0.123. The van der Waals surface area contributed by atoms with E-state index in [9.17, 15) is 9.36 Å². The molecule has 0 heterocycles. The van der Waals surface area contributed by atoms with Gasteiger partial charge >= 0.3 is 7.60 Å². The van der Waals surface area contributed by atoms with Gasteiger partial charge in [-0.1, -0.05) is 27.7 Å². The highest BCUT2D eigenvalue weighted by Gasteiger charge is 2.34. The number of amides is 1. The molecule has 0 aromatic carbocycles. The molecule has 5 N–H and O–H groups in total. The van der Waals surface area contributed by atoms with Gasteiger partial charge in [-0.15, -0.1) is 0 Å². The molecule has 0 aliphatic rings. The Hall–Kier alpha value is -0.420. The number of rotatable bonds is 5. The Bertz CT molecular complexity index is 287. The summed E-state index contributed by atoms with van der Waals surface area (Å²) in [5.74, 6) is -2.14. The molecule has 0 aliphatic carbocycles. The Balaban J connectivity index is 4.67. The molecule has 96 valence electrons. The highest BCUT2D eigenvalue weighted by atomic mass is 31.2. The van der Waals surface area contributed by atoms with Gasteiger partial charge in [0.15, 0.2) is 0 Å². The van der Waals surface area contributed by atoms with E-state index in [-0.39, 0.29) is 11.8 Å². The maximum atomic E-state index is 11.6. The molecule has 7 heteroatoms. The number of nitrogens with one attached hydrogen (secondary N) is 1. The molecular formula is C9H21N2O4P. The molecule has 0 radical (unpaired) electrons. The normalized spacial score (nSPS) is 16.3. The van der Waals surface area contributed by atoms with E-state index >= 15 is 0 Å². The second-order valence-corrected chi connectivity index (χ2v) is 6.29. The molecule has 2 atom stereocenters. The molecule has 0 bridgehead atoms. The minimum absolute atomic E-state index is 0.0791. The minimum Gasteiger partial charge on any atom is -0.340 e. The van der Waals surface area contributed by atoms with Crippen LogP contribution in [0.2, 0.25) is 0 Å². The fourth-order valence-corrected chi connectivity index (χ4v) is 2.26. The summed E-state index contributed by atoms with van der Waals surface area (Å²) in [6.45, 7) is 6.80. The summed E-state index contributed by atoms with van der Waals surface area (Å²) in [7, 11) is -4.34. The monoisotopic (exact) mass is 252 g/mol. The topological polar surface area (TPSA) is 113 Å². The van der Waals surface area contributed by atoms with Gasteiger partial charge < -0.3 is 20.8 Å². The summed E-state index contributed by atoms with van der Waals surface area (Å²) in [5.41, 5.74) is 5.59. The molecule has 6 nitrogen and oxygen atoms in total. The molecular weight excluding hydrogens is 231 g/mol. The Labute approximate surface area is 95.8 Å². The van der Waals surface area contributed by atoms with Crippen molar-refractivity contribution >= 4 is 13.5 Å². The van der Waals surface area contributed by atoms with Crippen LogP contribution in [0.1, 0.15) is 27.7 Å². The predicted molar refractivity (Wildman–Crippen MR) is 61.6 cm³/mol. The van der Waals surface area contributed by atoms with Gasteiger partial charge in [-0.3, -0.25) is 9.36 Å². The molecule has 0 saturated heterocycles. The van der Waals surface area contributed by atoms with Gasteiger partial charge in [0, 0.05) is 0 Å². The molecule has 1 amide bonds. The van der Waals surface area contributed by atoms with Crippen molar-refractivity contribution in [2.75, 3.05) is 0 Å². The van der Waals surface area contributed by atoms with Crippen molar-refractivity contribution in [1.82, 2.24) is 5.32 Å². The first-order valence-corrected chi connectivity index (χ1v) is 6.86. The van der Waals surface area contributed by atoms with Crippen LogP contribution in [-0.4, -0.2) is 27.5 Å². The fraction of sp³-hybridized carbons (Fsp3) is 0.889. The standard InChI is InChI=1S/C9H21N2O4P/c1-5(2)7(10)8(12)11-9(6(3)4)16(13,14)15/h5-7,9H,10H2,1-4H3,(H,11,12)(H2,13,14,15)/t7-,9?/m0/s1. The minimum atomic E-state index is -4.34. The average Bonchev–Trinajstić information content (AvgIpc) is 2.09. The molecule has 16 heavy (non-hydrogen) atoms. The lowest BCUT2D eigenvalue weighted by Gasteiger charge is -2.25. The maximum absolute atomic E-state index is 11.6. The molecule has 0 aromatic heterocycles. The van der Waals surface area contributed by atoms with Crippen LogP contribution in [0.15, 0.2) is 0 Å². The second-order valence-electron chi connectivity index (χ2n) is 4.56. The third-order valence-electron chi connectivity index (χ3n) is 2.30. The molecule has 0 aliphatic heterocycles. The zero-order valence-corrected chi connectivity index (χ0v) is 10.9. The van der Waals surface area contributed by atoms with Gasteiger partial charge in [0.05, 0.1) is 6.04 Å². The molecule has 0 fully saturated rings. The number of carbonyl (C=O) groups is 1. The molecule has 0 saturated carbocycles. The van der Waals surface area contributed by atoms with Crippen molar-refractivity contribution in [1.29, 1.82) is 0 Å². The van der Waals surface area contributed by atoms with E-state index < -0.39 is 25.3 Å². The van der Waals surface area contributed by atoms with Crippen molar-refractivity contribution in [2.24, 2.45) is 17.6 Å². The number of hydrogen-bond donors (Lipinski definition) is 4. The third-order valence-corrected chi connectivity index (χ3v) is 3.76. The van der Waals surface area contributed by atoms with Crippen molar-refractivity contribution in [3.05, 3.63) is 0 Å². The Morgan fingerprint density at radius 3 is 1.88 bits per heavy atom. The summed E-state index contributed by atoms with van der Waals surface area (Å²) in [6, 6.07) is -0.757. The van der Waals surface area contributed by atoms with E-state index in [2.05, 4.69) is 5.32 Å². The van der Waals surface area contributed by atoms with E-state index in [0.29, 0.717) is 0 Å². The Morgan fingerprint density at radius 1 is 1.19 bits per heavy atom. The van der Waals surface area contributed by atoms with E-state index in [1.807, 2.05) is 0 Å². The van der Waals surface area contributed by atoms with Gasteiger partial charge in [-0.25, -0.2) is 0 Å². The van der Waals surface area contributed by atoms with Crippen LogP contribution < -0.4 is 11.1 Å². The first-order chi connectivity index (χ1) is 7.07. The Morgan fingerprint density at radius 2 is 1.62 bits per heavy atom. The highest BCUT2D eigenvalue weighted by Crippen LogP contribution is 2.43. The highest BCUT2D eigenvalue weighted by molar-refractivity contribution is 7.52.